The Kier molecular flexibility index (Phi) is 3.03. The molecule has 1 heterocycles. The standard InChI is InChI=1S/C10H11N3OS/c14-6-5-13-7-11-10(12-13)8-1-3-9(15)4-2-8/h1-4,7,14-15H,5-6H2. The Bertz CT molecular complexity index is 438. The minimum atomic E-state index is 0.0678. The van der Waals surface area contributed by atoms with Crippen LogP contribution in [0.5, 0.6) is 0 Å². The van der Waals surface area contributed by atoms with Crippen LogP contribution in [0.25, 0.3) is 11.4 Å². The highest BCUT2D eigenvalue weighted by Crippen LogP contribution is 2.16. The number of aliphatic hydroxyl groups is 1. The lowest BCUT2D eigenvalue weighted by Crippen LogP contribution is -2.02. The second-order valence-electron chi connectivity index (χ2n) is 3.10. The van der Waals surface area contributed by atoms with Crippen LogP contribution in [0, 0.1) is 0 Å². The molecule has 0 fully saturated rings. The largest absolute Gasteiger partial charge is 0.394 e. The van der Waals surface area contributed by atoms with Gasteiger partial charge in [-0.05, 0) is 12.1 Å². The van der Waals surface area contributed by atoms with Crippen LogP contribution in [0.1, 0.15) is 0 Å². The van der Waals surface area contributed by atoms with E-state index in [4.69, 9.17) is 5.11 Å². The van der Waals surface area contributed by atoms with Gasteiger partial charge >= 0.3 is 0 Å². The minimum absolute atomic E-state index is 0.0678. The number of benzene rings is 1. The van der Waals surface area contributed by atoms with Gasteiger partial charge in [0.05, 0.1) is 13.2 Å². The molecule has 15 heavy (non-hydrogen) atoms. The van der Waals surface area contributed by atoms with Crippen LogP contribution in [0.15, 0.2) is 35.5 Å². The minimum Gasteiger partial charge on any atom is -0.394 e. The number of thiol groups is 1. The van der Waals surface area contributed by atoms with Crippen LogP contribution in [0.4, 0.5) is 0 Å². The van der Waals surface area contributed by atoms with Crippen molar-refractivity contribution in [3.63, 3.8) is 0 Å². The van der Waals surface area contributed by atoms with Gasteiger partial charge in [-0.25, -0.2) is 4.98 Å². The van der Waals surface area contributed by atoms with Gasteiger partial charge in [0.15, 0.2) is 5.82 Å². The molecule has 0 saturated heterocycles. The first-order valence-electron chi connectivity index (χ1n) is 4.59. The summed E-state index contributed by atoms with van der Waals surface area (Å²) in [5.41, 5.74) is 0.949. The van der Waals surface area contributed by atoms with Gasteiger partial charge in [0, 0.05) is 10.5 Å². The summed E-state index contributed by atoms with van der Waals surface area (Å²) in [6.45, 7) is 0.538. The molecule has 1 aromatic heterocycles. The van der Waals surface area contributed by atoms with E-state index in [1.807, 2.05) is 24.3 Å². The van der Waals surface area contributed by atoms with Crippen molar-refractivity contribution in [2.45, 2.75) is 11.4 Å². The maximum absolute atomic E-state index is 8.74. The van der Waals surface area contributed by atoms with Gasteiger partial charge in [-0.2, -0.15) is 5.10 Å². The average Bonchev–Trinajstić information content (AvgIpc) is 2.68. The van der Waals surface area contributed by atoms with E-state index >= 15 is 0 Å². The molecule has 0 unspecified atom stereocenters. The Labute approximate surface area is 93.0 Å². The van der Waals surface area contributed by atoms with E-state index in [1.165, 1.54) is 0 Å². The van der Waals surface area contributed by atoms with Gasteiger partial charge in [0.25, 0.3) is 0 Å². The topological polar surface area (TPSA) is 50.9 Å². The fraction of sp³-hybridized carbons (Fsp3) is 0.200. The van der Waals surface area contributed by atoms with Crippen molar-refractivity contribution in [1.29, 1.82) is 0 Å². The Hall–Kier alpha value is -1.33. The van der Waals surface area contributed by atoms with Crippen molar-refractivity contribution < 1.29 is 5.11 Å². The first-order valence-corrected chi connectivity index (χ1v) is 5.04. The third-order valence-electron chi connectivity index (χ3n) is 1.99. The van der Waals surface area contributed by atoms with E-state index in [0.29, 0.717) is 12.4 Å². The second-order valence-corrected chi connectivity index (χ2v) is 3.62. The van der Waals surface area contributed by atoms with E-state index in [9.17, 15) is 0 Å². The average molecular weight is 221 g/mol. The van der Waals surface area contributed by atoms with Crippen molar-refractivity contribution in [1.82, 2.24) is 14.8 Å². The maximum Gasteiger partial charge on any atom is 0.181 e. The number of hydrogen-bond acceptors (Lipinski definition) is 4. The fourth-order valence-electron chi connectivity index (χ4n) is 1.25. The molecule has 0 atom stereocenters. The molecule has 0 bridgehead atoms. The van der Waals surface area contributed by atoms with Crippen LogP contribution in [0.2, 0.25) is 0 Å². The van der Waals surface area contributed by atoms with Crippen LogP contribution >= 0.6 is 12.6 Å². The van der Waals surface area contributed by atoms with E-state index in [0.717, 1.165) is 10.5 Å². The second kappa shape index (κ2) is 4.46. The Morgan fingerprint density at radius 1 is 1.27 bits per heavy atom. The summed E-state index contributed by atoms with van der Waals surface area (Å²) in [7, 11) is 0. The lowest BCUT2D eigenvalue weighted by molar-refractivity contribution is 0.269. The molecule has 0 spiro atoms. The molecule has 2 aromatic rings. The van der Waals surface area contributed by atoms with E-state index < -0.39 is 0 Å². The van der Waals surface area contributed by atoms with E-state index in [1.54, 1.807) is 11.0 Å². The molecule has 1 N–H and O–H groups in total. The molecule has 5 heteroatoms. The summed E-state index contributed by atoms with van der Waals surface area (Å²) in [6, 6.07) is 7.62. The molecule has 0 saturated carbocycles. The summed E-state index contributed by atoms with van der Waals surface area (Å²) in [5, 5.41) is 13.0. The van der Waals surface area contributed by atoms with Gasteiger partial charge in [0.2, 0.25) is 0 Å². The highest BCUT2D eigenvalue weighted by molar-refractivity contribution is 7.80. The SMILES string of the molecule is OCCn1cnc(-c2ccc(S)cc2)n1. The molecule has 1 aromatic carbocycles. The molecule has 78 valence electrons. The smallest absolute Gasteiger partial charge is 0.181 e. The number of aromatic nitrogens is 3. The highest BCUT2D eigenvalue weighted by atomic mass is 32.1. The van der Waals surface area contributed by atoms with Crippen molar-refractivity contribution >= 4 is 12.6 Å². The van der Waals surface area contributed by atoms with Crippen LogP contribution in [-0.2, 0) is 6.54 Å². The summed E-state index contributed by atoms with van der Waals surface area (Å²) in [4.78, 5) is 5.06. The number of nitrogens with zero attached hydrogens (tertiary/aromatic N) is 3. The normalized spacial score (nSPS) is 10.5. The highest BCUT2D eigenvalue weighted by Gasteiger charge is 2.02. The monoisotopic (exact) mass is 221 g/mol. The van der Waals surface area contributed by atoms with Crippen LogP contribution in [0.3, 0.4) is 0 Å². The molecule has 0 radical (unpaired) electrons. The van der Waals surface area contributed by atoms with Crippen molar-refractivity contribution in [2.24, 2.45) is 0 Å². The van der Waals surface area contributed by atoms with Gasteiger partial charge in [-0.3, -0.25) is 4.68 Å². The number of rotatable bonds is 3. The Morgan fingerprint density at radius 3 is 2.67 bits per heavy atom. The maximum atomic E-state index is 8.74. The third kappa shape index (κ3) is 2.37. The quantitative estimate of drug-likeness (QED) is 0.766. The zero-order valence-electron chi connectivity index (χ0n) is 8.04. The van der Waals surface area contributed by atoms with Crippen molar-refractivity contribution in [2.75, 3.05) is 6.61 Å². The molecule has 0 aliphatic carbocycles. The first-order chi connectivity index (χ1) is 7.29. The van der Waals surface area contributed by atoms with Crippen LogP contribution < -0.4 is 0 Å². The molecule has 4 nitrogen and oxygen atoms in total. The summed E-state index contributed by atoms with van der Waals surface area (Å²) >= 11 is 4.20. The molecular formula is C10H11N3OS. The van der Waals surface area contributed by atoms with E-state index in [-0.39, 0.29) is 6.61 Å². The predicted molar refractivity (Wildman–Crippen MR) is 59.8 cm³/mol. The first kappa shape index (κ1) is 10.2. The van der Waals surface area contributed by atoms with Crippen molar-refractivity contribution in [3.8, 4) is 11.4 Å². The van der Waals surface area contributed by atoms with Gasteiger partial charge in [0.1, 0.15) is 6.33 Å². The summed E-state index contributed by atoms with van der Waals surface area (Å²) < 4.78 is 1.62. The predicted octanol–water partition coefficient (Wildman–Crippen LogP) is 1.23. The molecule has 0 amide bonds. The van der Waals surface area contributed by atoms with Gasteiger partial charge < -0.3 is 5.11 Å². The zero-order valence-corrected chi connectivity index (χ0v) is 8.93. The summed E-state index contributed by atoms with van der Waals surface area (Å²) in [5.74, 6) is 0.664. The summed E-state index contributed by atoms with van der Waals surface area (Å²) in [6.07, 6.45) is 1.61. The van der Waals surface area contributed by atoms with Gasteiger partial charge in [-0.1, -0.05) is 12.1 Å². The van der Waals surface area contributed by atoms with Crippen molar-refractivity contribution in [3.05, 3.63) is 30.6 Å². The van der Waals surface area contributed by atoms with Crippen LogP contribution in [-0.4, -0.2) is 26.5 Å². The molecule has 0 aliphatic heterocycles. The van der Waals surface area contributed by atoms with Gasteiger partial charge in [-0.15, -0.1) is 12.6 Å². The fourth-order valence-corrected chi connectivity index (χ4v) is 1.40. The molecular weight excluding hydrogens is 210 g/mol. The lowest BCUT2D eigenvalue weighted by Gasteiger charge is -1.96. The molecule has 0 aliphatic rings. The number of aliphatic hydroxyl groups excluding tert-OH is 1. The Balaban J connectivity index is 2.25. The lowest BCUT2D eigenvalue weighted by atomic mass is 10.2. The zero-order chi connectivity index (χ0) is 10.7. The molecule has 2 rings (SSSR count). The number of hydrogen-bond donors (Lipinski definition) is 2. The Morgan fingerprint density at radius 2 is 2.00 bits per heavy atom. The third-order valence-corrected chi connectivity index (χ3v) is 2.29. The van der Waals surface area contributed by atoms with E-state index in [2.05, 4.69) is 22.7 Å².